The van der Waals surface area contributed by atoms with Crippen molar-refractivity contribution in [3.8, 4) is 11.3 Å². The van der Waals surface area contributed by atoms with Crippen LogP contribution in [0.2, 0.25) is 0 Å². The third-order valence-electron chi connectivity index (χ3n) is 5.93. The molecule has 0 aliphatic heterocycles. The Morgan fingerprint density at radius 2 is 1.79 bits per heavy atom. The van der Waals surface area contributed by atoms with E-state index in [1.807, 2.05) is 61.5 Å². The number of benzene rings is 2. The molecule has 2 heterocycles. The highest BCUT2D eigenvalue weighted by atomic mass is 79.9. The van der Waals surface area contributed by atoms with Crippen LogP contribution in [0.15, 0.2) is 77.4 Å². The van der Waals surface area contributed by atoms with Crippen molar-refractivity contribution in [3.63, 3.8) is 0 Å². The molecule has 2 N–H and O–H groups in total. The molecule has 1 atom stereocenters. The first-order valence-corrected chi connectivity index (χ1v) is 11.6. The van der Waals surface area contributed by atoms with Crippen LogP contribution in [0.3, 0.4) is 0 Å². The predicted octanol–water partition coefficient (Wildman–Crippen LogP) is 5.53. The number of carbonyl (C=O) groups is 2. The minimum atomic E-state index is -0.955. The third-order valence-corrected chi connectivity index (χ3v) is 6.42. The minimum absolute atomic E-state index is 0.118. The number of carbonyl (C=O) groups excluding carboxylic acids is 1. The molecule has 0 saturated carbocycles. The van der Waals surface area contributed by atoms with Gasteiger partial charge >= 0.3 is 5.97 Å². The third kappa shape index (κ3) is 4.84. The van der Waals surface area contributed by atoms with Gasteiger partial charge in [-0.25, -0.2) is 4.98 Å². The maximum Gasteiger partial charge on any atom is 0.304 e. The normalized spacial score (nSPS) is 12.8. The Bertz CT molecular complexity index is 1360. The lowest BCUT2D eigenvalue weighted by atomic mass is 9.82. The molecule has 172 valence electrons. The van der Waals surface area contributed by atoms with Gasteiger partial charge in [0.2, 0.25) is 0 Å². The Morgan fingerprint density at radius 3 is 2.47 bits per heavy atom. The molecule has 0 unspecified atom stereocenters. The number of hydrogen-bond donors (Lipinski definition) is 2. The number of hydrogen-bond acceptors (Lipinski definition) is 4. The molecular weight excluding hydrogens is 494 g/mol. The van der Waals surface area contributed by atoms with Crippen LogP contribution in [-0.4, -0.2) is 33.5 Å². The molecular formula is C27H24BrN3O3. The van der Waals surface area contributed by atoms with Crippen LogP contribution >= 0.6 is 15.9 Å². The molecule has 34 heavy (non-hydrogen) atoms. The lowest BCUT2D eigenvalue weighted by Crippen LogP contribution is -2.41. The predicted molar refractivity (Wildman–Crippen MR) is 136 cm³/mol. The molecule has 0 bridgehead atoms. The lowest BCUT2D eigenvalue weighted by molar-refractivity contribution is -0.138. The largest absolute Gasteiger partial charge is 0.481 e. The van der Waals surface area contributed by atoms with E-state index < -0.39 is 11.4 Å². The van der Waals surface area contributed by atoms with E-state index in [4.69, 9.17) is 4.98 Å². The number of nitrogens with one attached hydrogen (secondary N) is 1. The molecule has 0 saturated heterocycles. The fourth-order valence-electron chi connectivity index (χ4n) is 4.16. The summed E-state index contributed by atoms with van der Waals surface area (Å²) in [6.45, 7) is 3.81. The fourth-order valence-corrected chi connectivity index (χ4v) is 4.52. The molecule has 2 aromatic carbocycles. The molecule has 0 fully saturated rings. The van der Waals surface area contributed by atoms with E-state index in [9.17, 15) is 14.7 Å². The zero-order valence-electron chi connectivity index (χ0n) is 18.9. The molecule has 6 nitrogen and oxygen atoms in total. The monoisotopic (exact) mass is 517 g/mol. The summed E-state index contributed by atoms with van der Waals surface area (Å²) in [5.74, 6) is -1.24. The van der Waals surface area contributed by atoms with Crippen LogP contribution in [0.5, 0.6) is 0 Å². The van der Waals surface area contributed by atoms with Gasteiger partial charge in [-0.2, -0.15) is 0 Å². The van der Waals surface area contributed by atoms with Crippen molar-refractivity contribution < 1.29 is 14.7 Å². The Hall–Kier alpha value is -3.58. The summed E-state index contributed by atoms with van der Waals surface area (Å²) in [6.07, 6.45) is 1.46. The summed E-state index contributed by atoms with van der Waals surface area (Å²) in [6, 6.07) is 20.8. The van der Waals surface area contributed by atoms with E-state index in [1.165, 1.54) is 0 Å². The highest BCUT2D eigenvalue weighted by Crippen LogP contribution is 2.32. The maximum absolute atomic E-state index is 13.6. The number of fused-ring (bicyclic) bond motifs is 1. The molecule has 0 aliphatic carbocycles. The number of halogens is 1. The smallest absolute Gasteiger partial charge is 0.304 e. The zero-order chi connectivity index (χ0) is 24.3. The second kappa shape index (κ2) is 9.73. The minimum Gasteiger partial charge on any atom is -0.481 e. The number of pyridine rings is 2. The standard InChI is InChI=1S/C27H24BrN3O3/c1-17-24(26(34)30-16-27(2,15-23(32)33)22-10-6-7-13-29-22)20-14-19(28)11-12-21(20)31-25(17)18-8-4-3-5-9-18/h3-14H,15-16H2,1-2H3,(H,30,34)(H,32,33)/t27-/m1/s1. The van der Waals surface area contributed by atoms with Crippen LogP contribution in [-0.2, 0) is 10.2 Å². The molecule has 0 radical (unpaired) electrons. The number of rotatable bonds is 7. The van der Waals surface area contributed by atoms with Gasteiger partial charge in [0.1, 0.15) is 0 Å². The summed E-state index contributed by atoms with van der Waals surface area (Å²) in [7, 11) is 0. The van der Waals surface area contributed by atoms with E-state index in [0.29, 0.717) is 16.8 Å². The quantitative estimate of drug-likeness (QED) is 0.336. The van der Waals surface area contributed by atoms with Crippen molar-refractivity contribution >= 4 is 38.7 Å². The molecule has 0 aliphatic rings. The Balaban J connectivity index is 1.76. The number of carboxylic acid groups (broad SMARTS) is 1. The van der Waals surface area contributed by atoms with E-state index in [1.54, 1.807) is 25.3 Å². The Kier molecular flexibility index (Phi) is 6.75. The van der Waals surface area contributed by atoms with Gasteiger partial charge in [0.15, 0.2) is 0 Å². The average Bonchev–Trinajstić information content (AvgIpc) is 2.83. The highest BCUT2D eigenvalue weighted by molar-refractivity contribution is 9.10. The van der Waals surface area contributed by atoms with Crippen molar-refractivity contribution in [1.82, 2.24) is 15.3 Å². The summed E-state index contributed by atoms with van der Waals surface area (Å²) in [4.78, 5) is 34.4. The second-order valence-electron chi connectivity index (χ2n) is 8.52. The first kappa shape index (κ1) is 23.6. The Labute approximate surface area is 206 Å². The fraction of sp³-hybridized carbons (Fsp3) is 0.185. The van der Waals surface area contributed by atoms with Crippen LogP contribution in [0, 0.1) is 6.92 Å². The van der Waals surface area contributed by atoms with Crippen LogP contribution in [0.4, 0.5) is 0 Å². The van der Waals surface area contributed by atoms with Gasteiger partial charge in [-0.3, -0.25) is 14.6 Å². The number of amides is 1. The SMILES string of the molecule is Cc1c(-c2ccccc2)nc2ccc(Br)cc2c1C(=O)NC[C@@](C)(CC(=O)O)c1ccccn1. The van der Waals surface area contributed by atoms with Crippen LogP contribution in [0.1, 0.15) is 35.0 Å². The molecule has 1 amide bonds. The van der Waals surface area contributed by atoms with Gasteiger partial charge < -0.3 is 10.4 Å². The van der Waals surface area contributed by atoms with Crippen molar-refractivity contribution in [2.75, 3.05) is 6.54 Å². The molecule has 7 heteroatoms. The average molecular weight is 518 g/mol. The van der Waals surface area contributed by atoms with Crippen molar-refractivity contribution in [2.24, 2.45) is 0 Å². The van der Waals surface area contributed by atoms with Gasteiger partial charge in [-0.15, -0.1) is 0 Å². The second-order valence-corrected chi connectivity index (χ2v) is 9.43. The van der Waals surface area contributed by atoms with Gasteiger partial charge in [0.05, 0.1) is 23.2 Å². The topological polar surface area (TPSA) is 92.2 Å². The van der Waals surface area contributed by atoms with Gasteiger partial charge in [0, 0.05) is 39.3 Å². The van der Waals surface area contributed by atoms with Crippen molar-refractivity contribution in [3.05, 3.63) is 94.2 Å². The van der Waals surface area contributed by atoms with Gasteiger partial charge in [-0.1, -0.05) is 59.3 Å². The van der Waals surface area contributed by atoms with E-state index >= 15 is 0 Å². The highest BCUT2D eigenvalue weighted by Gasteiger charge is 2.32. The molecule has 4 aromatic rings. The molecule has 2 aromatic heterocycles. The van der Waals surface area contributed by atoms with E-state index in [2.05, 4.69) is 26.2 Å². The summed E-state index contributed by atoms with van der Waals surface area (Å²) in [5, 5.41) is 13.2. The zero-order valence-corrected chi connectivity index (χ0v) is 20.5. The molecule has 4 rings (SSSR count). The summed E-state index contributed by atoms with van der Waals surface area (Å²) < 4.78 is 0.840. The number of carboxylic acids is 1. The first-order valence-electron chi connectivity index (χ1n) is 10.9. The number of nitrogens with zero attached hydrogens (tertiary/aromatic N) is 2. The van der Waals surface area contributed by atoms with E-state index in [-0.39, 0.29) is 18.9 Å². The number of aromatic nitrogens is 2. The summed E-state index contributed by atoms with van der Waals surface area (Å²) >= 11 is 3.50. The lowest BCUT2D eigenvalue weighted by Gasteiger charge is -2.28. The number of aliphatic carboxylic acids is 1. The van der Waals surface area contributed by atoms with E-state index in [0.717, 1.165) is 26.7 Å². The van der Waals surface area contributed by atoms with Crippen LogP contribution < -0.4 is 5.32 Å². The van der Waals surface area contributed by atoms with Crippen molar-refractivity contribution in [1.29, 1.82) is 0 Å². The summed E-state index contributed by atoms with van der Waals surface area (Å²) in [5.41, 5.74) is 3.37. The maximum atomic E-state index is 13.6. The van der Waals surface area contributed by atoms with Crippen molar-refractivity contribution in [2.45, 2.75) is 25.7 Å². The van der Waals surface area contributed by atoms with Crippen LogP contribution in [0.25, 0.3) is 22.2 Å². The van der Waals surface area contributed by atoms with Gasteiger partial charge in [-0.05, 0) is 42.8 Å². The molecule has 0 spiro atoms. The van der Waals surface area contributed by atoms with Gasteiger partial charge in [0.25, 0.3) is 5.91 Å². The Morgan fingerprint density at radius 1 is 1.06 bits per heavy atom. The first-order chi connectivity index (χ1) is 16.3.